The van der Waals surface area contributed by atoms with Crippen molar-refractivity contribution in [1.29, 1.82) is 0 Å². The van der Waals surface area contributed by atoms with Crippen LogP contribution in [-0.2, 0) is 4.79 Å². The van der Waals surface area contributed by atoms with Crippen molar-refractivity contribution < 1.29 is 14.7 Å². The predicted octanol–water partition coefficient (Wildman–Crippen LogP) is 2.78. The highest BCUT2D eigenvalue weighted by atomic mass is 32.2. The Hall–Kier alpha value is -1.49. The highest BCUT2D eigenvalue weighted by Crippen LogP contribution is 2.22. The Labute approximate surface area is 117 Å². The smallest absolute Gasteiger partial charge is 0.305 e. The van der Waals surface area contributed by atoms with Gasteiger partial charge >= 0.3 is 5.97 Å². The first-order chi connectivity index (χ1) is 8.88. The molecule has 0 saturated heterocycles. The summed E-state index contributed by atoms with van der Waals surface area (Å²) >= 11 is 1.73. The van der Waals surface area contributed by atoms with Gasteiger partial charge in [0.25, 0.3) is 5.91 Å². The third-order valence-electron chi connectivity index (χ3n) is 2.35. The minimum absolute atomic E-state index is 0.0764. The summed E-state index contributed by atoms with van der Waals surface area (Å²) in [5.41, 5.74) is 0.547. The standard InChI is InChI=1S/C14H19NO3S/c1-9(2)19-12-6-4-11(5-7-12)14(18)15-10(3)8-13(16)17/h4-7,9-10H,8H2,1-3H3,(H,15,18)(H,16,17). The number of benzene rings is 1. The van der Waals surface area contributed by atoms with E-state index in [1.807, 2.05) is 12.1 Å². The van der Waals surface area contributed by atoms with E-state index in [9.17, 15) is 9.59 Å². The molecule has 0 aliphatic carbocycles. The molecule has 1 rings (SSSR count). The van der Waals surface area contributed by atoms with Gasteiger partial charge in [0, 0.05) is 21.8 Å². The molecule has 0 saturated carbocycles. The zero-order chi connectivity index (χ0) is 14.4. The molecular weight excluding hydrogens is 262 g/mol. The van der Waals surface area contributed by atoms with E-state index in [-0.39, 0.29) is 18.4 Å². The fraction of sp³-hybridized carbons (Fsp3) is 0.429. The van der Waals surface area contributed by atoms with Crippen LogP contribution < -0.4 is 5.32 Å². The quantitative estimate of drug-likeness (QED) is 0.787. The molecule has 2 N–H and O–H groups in total. The third-order valence-corrected chi connectivity index (χ3v) is 3.36. The van der Waals surface area contributed by atoms with Crippen LogP contribution in [0.1, 0.15) is 37.6 Å². The van der Waals surface area contributed by atoms with E-state index in [1.54, 1.807) is 30.8 Å². The summed E-state index contributed by atoms with van der Waals surface area (Å²) in [5.74, 6) is -1.16. The Kier molecular flexibility index (Phi) is 5.89. The van der Waals surface area contributed by atoms with Gasteiger partial charge in [0.2, 0.25) is 0 Å². The van der Waals surface area contributed by atoms with E-state index in [4.69, 9.17) is 5.11 Å². The lowest BCUT2D eigenvalue weighted by Gasteiger charge is -2.12. The molecule has 0 bridgehead atoms. The highest BCUT2D eigenvalue weighted by molar-refractivity contribution is 7.99. The van der Waals surface area contributed by atoms with Gasteiger partial charge in [0.1, 0.15) is 0 Å². The summed E-state index contributed by atoms with van der Waals surface area (Å²) in [6.45, 7) is 5.90. The van der Waals surface area contributed by atoms with Gasteiger partial charge in [-0.25, -0.2) is 0 Å². The first-order valence-corrected chi connectivity index (χ1v) is 7.06. The molecule has 1 unspecified atom stereocenters. The monoisotopic (exact) mass is 281 g/mol. The Balaban J connectivity index is 2.60. The molecule has 19 heavy (non-hydrogen) atoms. The number of nitrogens with one attached hydrogen (secondary N) is 1. The summed E-state index contributed by atoms with van der Waals surface area (Å²) in [4.78, 5) is 23.5. The number of carboxylic acid groups (broad SMARTS) is 1. The fourth-order valence-electron chi connectivity index (χ4n) is 1.58. The number of carbonyl (C=O) groups excluding carboxylic acids is 1. The summed E-state index contributed by atoms with van der Waals surface area (Å²) in [6.07, 6.45) is -0.0764. The summed E-state index contributed by atoms with van der Waals surface area (Å²) in [7, 11) is 0. The van der Waals surface area contributed by atoms with Crippen molar-refractivity contribution in [2.24, 2.45) is 0 Å². The Morgan fingerprint density at radius 3 is 2.26 bits per heavy atom. The van der Waals surface area contributed by atoms with Crippen LogP contribution in [0.2, 0.25) is 0 Å². The van der Waals surface area contributed by atoms with Crippen LogP contribution in [0.15, 0.2) is 29.2 Å². The first kappa shape index (κ1) is 15.6. The van der Waals surface area contributed by atoms with Crippen molar-refractivity contribution in [1.82, 2.24) is 5.32 Å². The van der Waals surface area contributed by atoms with Gasteiger partial charge in [-0.15, -0.1) is 11.8 Å². The molecule has 1 amide bonds. The number of carbonyl (C=O) groups is 2. The van der Waals surface area contributed by atoms with Gasteiger partial charge in [0.15, 0.2) is 0 Å². The van der Waals surface area contributed by atoms with Gasteiger partial charge in [-0.1, -0.05) is 13.8 Å². The number of carboxylic acids is 1. The van der Waals surface area contributed by atoms with Crippen molar-refractivity contribution in [2.75, 3.05) is 0 Å². The van der Waals surface area contributed by atoms with E-state index in [0.29, 0.717) is 10.8 Å². The van der Waals surface area contributed by atoms with Crippen LogP contribution in [0.25, 0.3) is 0 Å². The second-order valence-electron chi connectivity index (χ2n) is 4.66. The molecule has 0 heterocycles. The van der Waals surface area contributed by atoms with Crippen molar-refractivity contribution >= 4 is 23.6 Å². The molecule has 4 nitrogen and oxygen atoms in total. The average molecular weight is 281 g/mol. The summed E-state index contributed by atoms with van der Waals surface area (Å²) in [6, 6.07) is 6.94. The molecule has 1 aromatic rings. The molecule has 0 spiro atoms. The largest absolute Gasteiger partial charge is 0.481 e. The zero-order valence-corrected chi connectivity index (χ0v) is 12.2. The number of amides is 1. The van der Waals surface area contributed by atoms with Gasteiger partial charge in [0.05, 0.1) is 6.42 Å². The van der Waals surface area contributed by atoms with Gasteiger partial charge in [-0.05, 0) is 31.2 Å². The third kappa shape index (κ3) is 5.79. The van der Waals surface area contributed by atoms with E-state index in [2.05, 4.69) is 19.2 Å². The first-order valence-electron chi connectivity index (χ1n) is 6.18. The fourth-order valence-corrected chi connectivity index (χ4v) is 2.41. The minimum Gasteiger partial charge on any atom is -0.481 e. The van der Waals surface area contributed by atoms with Gasteiger partial charge in [-0.2, -0.15) is 0 Å². The van der Waals surface area contributed by atoms with Crippen LogP contribution in [0.5, 0.6) is 0 Å². The number of hydrogen-bond acceptors (Lipinski definition) is 3. The number of rotatable bonds is 6. The molecule has 0 radical (unpaired) electrons. The van der Waals surface area contributed by atoms with Crippen molar-refractivity contribution in [3.63, 3.8) is 0 Å². The lowest BCUT2D eigenvalue weighted by molar-refractivity contribution is -0.137. The van der Waals surface area contributed by atoms with Crippen LogP contribution in [0.3, 0.4) is 0 Å². The second-order valence-corrected chi connectivity index (χ2v) is 6.31. The Morgan fingerprint density at radius 1 is 1.21 bits per heavy atom. The lowest BCUT2D eigenvalue weighted by Crippen LogP contribution is -2.34. The predicted molar refractivity (Wildman–Crippen MR) is 76.6 cm³/mol. The number of hydrogen-bond donors (Lipinski definition) is 2. The number of aliphatic carboxylic acids is 1. The normalized spacial score (nSPS) is 12.2. The Morgan fingerprint density at radius 2 is 1.79 bits per heavy atom. The molecule has 5 heteroatoms. The maximum absolute atomic E-state index is 11.9. The highest BCUT2D eigenvalue weighted by Gasteiger charge is 2.12. The van der Waals surface area contributed by atoms with Crippen molar-refractivity contribution in [3.8, 4) is 0 Å². The maximum Gasteiger partial charge on any atom is 0.305 e. The zero-order valence-electron chi connectivity index (χ0n) is 11.3. The molecule has 0 aliphatic rings. The van der Waals surface area contributed by atoms with Crippen LogP contribution >= 0.6 is 11.8 Å². The Bertz CT molecular complexity index is 443. The molecule has 0 fully saturated rings. The number of thioether (sulfide) groups is 1. The minimum atomic E-state index is -0.920. The van der Waals surface area contributed by atoms with Gasteiger partial charge < -0.3 is 10.4 Å². The summed E-state index contributed by atoms with van der Waals surface area (Å²) in [5, 5.41) is 11.8. The SMILES string of the molecule is CC(CC(=O)O)NC(=O)c1ccc(SC(C)C)cc1. The van der Waals surface area contributed by atoms with E-state index in [0.717, 1.165) is 4.90 Å². The average Bonchev–Trinajstić information content (AvgIpc) is 2.27. The molecule has 0 aromatic heterocycles. The van der Waals surface area contributed by atoms with Crippen molar-refractivity contribution in [2.45, 2.75) is 43.4 Å². The molecule has 1 atom stereocenters. The maximum atomic E-state index is 11.9. The van der Waals surface area contributed by atoms with E-state index in [1.165, 1.54) is 0 Å². The van der Waals surface area contributed by atoms with Crippen LogP contribution in [0, 0.1) is 0 Å². The molecule has 0 aliphatic heterocycles. The van der Waals surface area contributed by atoms with Gasteiger partial charge in [-0.3, -0.25) is 9.59 Å². The van der Waals surface area contributed by atoms with Crippen LogP contribution in [0.4, 0.5) is 0 Å². The molecule has 104 valence electrons. The van der Waals surface area contributed by atoms with Crippen LogP contribution in [-0.4, -0.2) is 28.3 Å². The van der Waals surface area contributed by atoms with E-state index >= 15 is 0 Å². The molecule has 1 aromatic carbocycles. The lowest BCUT2D eigenvalue weighted by atomic mass is 10.2. The second kappa shape index (κ2) is 7.19. The topological polar surface area (TPSA) is 66.4 Å². The van der Waals surface area contributed by atoms with E-state index < -0.39 is 5.97 Å². The summed E-state index contributed by atoms with van der Waals surface area (Å²) < 4.78 is 0. The molecular formula is C14H19NO3S. The van der Waals surface area contributed by atoms with Crippen molar-refractivity contribution in [3.05, 3.63) is 29.8 Å².